The Labute approximate surface area is 117 Å². The van der Waals surface area contributed by atoms with Crippen LogP contribution in [0.15, 0.2) is 6.07 Å². The van der Waals surface area contributed by atoms with Crippen molar-refractivity contribution in [3.63, 3.8) is 0 Å². The van der Waals surface area contributed by atoms with E-state index in [0.717, 1.165) is 0 Å². The zero-order chi connectivity index (χ0) is 15.5. The first-order valence-electron chi connectivity index (χ1n) is 6.02. The van der Waals surface area contributed by atoms with E-state index in [2.05, 4.69) is 5.32 Å². The fourth-order valence-electron chi connectivity index (χ4n) is 1.67. The van der Waals surface area contributed by atoms with Crippen molar-refractivity contribution in [2.24, 2.45) is 0 Å². The van der Waals surface area contributed by atoms with Crippen molar-refractivity contribution in [3.8, 4) is 5.75 Å². The minimum Gasteiger partial charge on any atom is -0.496 e. The maximum absolute atomic E-state index is 14.1. The molecule has 0 saturated heterocycles. The molecule has 20 heavy (non-hydrogen) atoms. The number of hydrogen-bond donors (Lipinski definition) is 1. The van der Waals surface area contributed by atoms with Crippen molar-refractivity contribution in [2.75, 3.05) is 12.4 Å². The topological polar surface area (TPSA) is 64.6 Å². The van der Waals surface area contributed by atoms with Gasteiger partial charge in [-0.3, -0.25) is 10.1 Å². The Kier molecular flexibility index (Phi) is 4.70. The molecule has 0 aliphatic rings. The summed E-state index contributed by atoms with van der Waals surface area (Å²) in [6.07, 6.45) is -0.260. The number of methoxy groups -OCH3 is 1. The molecule has 0 bridgehead atoms. The summed E-state index contributed by atoms with van der Waals surface area (Å²) < 4.78 is 24.1. The van der Waals surface area contributed by atoms with E-state index in [9.17, 15) is 14.0 Å². The lowest BCUT2D eigenvalue weighted by molar-refractivity contribution is 0.0635. The van der Waals surface area contributed by atoms with Crippen LogP contribution in [0.5, 0.6) is 5.75 Å². The van der Waals surface area contributed by atoms with Crippen LogP contribution < -0.4 is 10.1 Å². The Morgan fingerprint density at radius 1 is 1.40 bits per heavy atom. The van der Waals surface area contributed by atoms with Gasteiger partial charge in [0.2, 0.25) is 0 Å². The number of amides is 1. The number of carbonyl (C=O) groups is 2. The Morgan fingerprint density at radius 2 is 2.00 bits per heavy atom. The van der Waals surface area contributed by atoms with Gasteiger partial charge in [0.15, 0.2) is 12.1 Å². The van der Waals surface area contributed by atoms with Crippen LogP contribution in [0, 0.1) is 12.7 Å². The number of nitrogens with one attached hydrogen (secondary N) is 1. The highest BCUT2D eigenvalue weighted by atomic mass is 19.1. The summed E-state index contributed by atoms with van der Waals surface area (Å²) in [5.74, 6) is -0.523. The largest absolute Gasteiger partial charge is 0.496 e. The second-order valence-corrected chi connectivity index (χ2v) is 5.23. The van der Waals surface area contributed by atoms with Gasteiger partial charge in [-0.25, -0.2) is 9.18 Å². The third-order valence-corrected chi connectivity index (χ3v) is 2.44. The molecule has 1 N–H and O–H groups in total. The fraction of sp³-hybridized carbons (Fsp3) is 0.429. The Balaban J connectivity index is 3.11. The van der Waals surface area contributed by atoms with Crippen molar-refractivity contribution in [2.45, 2.75) is 33.3 Å². The van der Waals surface area contributed by atoms with Crippen molar-refractivity contribution in [1.29, 1.82) is 0 Å². The van der Waals surface area contributed by atoms with Gasteiger partial charge in [0.05, 0.1) is 18.4 Å². The lowest BCUT2D eigenvalue weighted by Gasteiger charge is -2.20. The van der Waals surface area contributed by atoms with Gasteiger partial charge in [-0.1, -0.05) is 0 Å². The van der Waals surface area contributed by atoms with Gasteiger partial charge in [0.25, 0.3) is 0 Å². The molecular formula is C14H18FNO4. The molecule has 1 amide bonds. The summed E-state index contributed by atoms with van der Waals surface area (Å²) in [5.41, 5.74) is -0.532. The van der Waals surface area contributed by atoms with Crippen LogP contribution in [0.2, 0.25) is 0 Å². The molecule has 1 aromatic rings. The van der Waals surface area contributed by atoms with E-state index >= 15 is 0 Å². The minimum absolute atomic E-state index is 0.125. The molecule has 0 aromatic heterocycles. The predicted octanol–water partition coefficient (Wildman–Crippen LogP) is 3.30. The number of halogens is 1. The third-order valence-electron chi connectivity index (χ3n) is 2.44. The molecule has 0 saturated carbocycles. The van der Waals surface area contributed by atoms with Crippen LogP contribution >= 0.6 is 0 Å². The standard InChI is InChI=1S/C14H18FNO4/c1-8-11(15)10(6-9(7-17)12(8)19-5)16-13(18)20-14(2,3)4/h6-7H,1-5H3,(H,16,18). The van der Waals surface area contributed by atoms with E-state index in [1.54, 1.807) is 20.8 Å². The molecule has 0 atom stereocenters. The first-order valence-corrected chi connectivity index (χ1v) is 6.02. The van der Waals surface area contributed by atoms with Crippen LogP contribution in [0.1, 0.15) is 36.7 Å². The number of rotatable bonds is 3. The number of hydrogen-bond acceptors (Lipinski definition) is 4. The number of ether oxygens (including phenoxy) is 2. The average Bonchev–Trinajstić information content (AvgIpc) is 2.32. The second kappa shape index (κ2) is 5.90. The quantitative estimate of drug-likeness (QED) is 0.864. The Bertz CT molecular complexity index is 535. The van der Waals surface area contributed by atoms with Gasteiger partial charge < -0.3 is 9.47 Å². The number of aldehydes is 1. The molecule has 6 heteroatoms. The summed E-state index contributed by atoms with van der Waals surface area (Å²) in [5, 5.41) is 2.28. The van der Waals surface area contributed by atoms with Crippen LogP contribution in [0.25, 0.3) is 0 Å². The van der Waals surface area contributed by atoms with Gasteiger partial charge in [-0.15, -0.1) is 0 Å². The number of benzene rings is 1. The maximum Gasteiger partial charge on any atom is 0.412 e. The van der Waals surface area contributed by atoms with E-state index in [0.29, 0.717) is 6.29 Å². The molecule has 0 aliphatic heterocycles. The first kappa shape index (κ1) is 15.9. The summed E-state index contributed by atoms with van der Waals surface area (Å²) in [4.78, 5) is 22.6. The molecule has 5 nitrogen and oxygen atoms in total. The predicted molar refractivity (Wildman–Crippen MR) is 72.9 cm³/mol. The Morgan fingerprint density at radius 3 is 2.45 bits per heavy atom. The van der Waals surface area contributed by atoms with Crippen LogP contribution in [-0.4, -0.2) is 25.1 Å². The normalized spacial score (nSPS) is 10.9. The Hall–Kier alpha value is -2.11. The molecule has 0 spiro atoms. The molecule has 0 fully saturated rings. The van der Waals surface area contributed by atoms with Gasteiger partial charge in [0, 0.05) is 5.56 Å². The van der Waals surface area contributed by atoms with E-state index in [1.807, 2.05) is 0 Å². The molecular weight excluding hydrogens is 265 g/mol. The van der Waals surface area contributed by atoms with Crippen molar-refractivity contribution in [3.05, 3.63) is 23.0 Å². The highest BCUT2D eigenvalue weighted by Gasteiger charge is 2.20. The molecule has 0 aliphatic carbocycles. The molecule has 110 valence electrons. The summed E-state index contributed by atoms with van der Waals surface area (Å²) in [6.45, 7) is 6.54. The van der Waals surface area contributed by atoms with Crippen LogP contribution in [0.3, 0.4) is 0 Å². The van der Waals surface area contributed by atoms with Crippen molar-refractivity contribution in [1.82, 2.24) is 0 Å². The number of carbonyl (C=O) groups excluding carboxylic acids is 2. The number of anilines is 1. The lowest BCUT2D eigenvalue weighted by Crippen LogP contribution is -2.27. The average molecular weight is 283 g/mol. The SMILES string of the molecule is COc1c(C=O)cc(NC(=O)OC(C)(C)C)c(F)c1C. The molecule has 1 aromatic carbocycles. The van der Waals surface area contributed by atoms with Gasteiger partial charge in [-0.2, -0.15) is 0 Å². The van der Waals surface area contributed by atoms with Gasteiger partial charge >= 0.3 is 6.09 Å². The molecule has 0 unspecified atom stereocenters. The highest BCUT2D eigenvalue weighted by molar-refractivity contribution is 5.89. The van der Waals surface area contributed by atoms with Crippen molar-refractivity contribution >= 4 is 18.1 Å². The lowest BCUT2D eigenvalue weighted by atomic mass is 10.1. The fourth-order valence-corrected chi connectivity index (χ4v) is 1.67. The van der Waals surface area contributed by atoms with E-state index in [4.69, 9.17) is 9.47 Å². The zero-order valence-electron chi connectivity index (χ0n) is 12.2. The smallest absolute Gasteiger partial charge is 0.412 e. The van der Waals surface area contributed by atoms with Crippen LogP contribution in [0.4, 0.5) is 14.9 Å². The summed E-state index contributed by atoms with van der Waals surface area (Å²) >= 11 is 0. The minimum atomic E-state index is -0.794. The summed E-state index contributed by atoms with van der Waals surface area (Å²) in [6, 6.07) is 1.21. The maximum atomic E-state index is 14.1. The highest BCUT2D eigenvalue weighted by Crippen LogP contribution is 2.30. The summed E-state index contributed by atoms with van der Waals surface area (Å²) in [7, 11) is 1.34. The molecule has 1 rings (SSSR count). The third kappa shape index (κ3) is 3.69. The van der Waals surface area contributed by atoms with E-state index < -0.39 is 17.5 Å². The molecule has 0 radical (unpaired) electrons. The van der Waals surface area contributed by atoms with E-state index in [-0.39, 0.29) is 22.6 Å². The van der Waals surface area contributed by atoms with Crippen LogP contribution in [-0.2, 0) is 4.74 Å². The van der Waals surface area contributed by atoms with Gasteiger partial charge in [-0.05, 0) is 33.8 Å². The second-order valence-electron chi connectivity index (χ2n) is 5.23. The van der Waals surface area contributed by atoms with Crippen molar-refractivity contribution < 1.29 is 23.5 Å². The van der Waals surface area contributed by atoms with E-state index in [1.165, 1.54) is 20.1 Å². The zero-order valence-corrected chi connectivity index (χ0v) is 12.2. The monoisotopic (exact) mass is 283 g/mol. The molecule has 0 heterocycles. The van der Waals surface area contributed by atoms with Gasteiger partial charge in [0.1, 0.15) is 11.4 Å². The first-order chi connectivity index (χ1) is 9.19.